The zero-order chi connectivity index (χ0) is 20.6. The Morgan fingerprint density at radius 2 is 1.90 bits per heavy atom. The van der Waals surface area contributed by atoms with Gasteiger partial charge in [-0.05, 0) is 42.9 Å². The number of esters is 1. The molecule has 2 aromatic rings. The summed E-state index contributed by atoms with van der Waals surface area (Å²) in [4.78, 5) is 20.1. The molecule has 3 aliphatic rings. The largest absolute Gasteiger partial charge is 0.458 e. The molecule has 158 valence electrons. The number of likely N-dealkylation sites (tertiary alicyclic amines) is 1. The number of aromatic nitrogens is 1. The van der Waals surface area contributed by atoms with Crippen molar-refractivity contribution in [3.05, 3.63) is 66.0 Å². The maximum absolute atomic E-state index is 13.5. The van der Waals surface area contributed by atoms with Gasteiger partial charge in [-0.15, -0.1) is 0 Å². The second-order valence-corrected chi connectivity index (χ2v) is 9.18. The average Bonchev–Trinajstić information content (AvgIpc) is 3.52. The second-order valence-electron chi connectivity index (χ2n) is 9.18. The van der Waals surface area contributed by atoms with Crippen molar-refractivity contribution in [1.82, 2.24) is 9.88 Å². The Hall–Kier alpha value is -2.24. The molecule has 2 aliphatic carbocycles. The number of fused-ring (bicyclic) bond motifs is 2. The van der Waals surface area contributed by atoms with E-state index in [1.54, 1.807) is 6.20 Å². The van der Waals surface area contributed by atoms with E-state index in [1.165, 1.54) is 5.56 Å². The van der Waals surface area contributed by atoms with Gasteiger partial charge in [0.05, 0.1) is 0 Å². The van der Waals surface area contributed by atoms with E-state index >= 15 is 0 Å². The topological polar surface area (TPSA) is 62.7 Å². The number of piperidine rings is 1. The van der Waals surface area contributed by atoms with E-state index in [-0.39, 0.29) is 18.1 Å². The van der Waals surface area contributed by atoms with Crippen molar-refractivity contribution in [2.75, 3.05) is 6.54 Å². The summed E-state index contributed by atoms with van der Waals surface area (Å²) in [6, 6.07) is 13.7. The van der Waals surface area contributed by atoms with Crippen LogP contribution in [0, 0.1) is 11.8 Å². The first-order valence-corrected chi connectivity index (χ1v) is 11.3. The van der Waals surface area contributed by atoms with Crippen LogP contribution in [0.3, 0.4) is 0 Å². The molecule has 0 amide bonds. The molecule has 30 heavy (non-hydrogen) atoms. The van der Waals surface area contributed by atoms with E-state index in [0.717, 1.165) is 51.6 Å². The minimum Gasteiger partial charge on any atom is -0.458 e. The Labute approximate surface area is 178 Å². The van der Waals surface area contributed by atoms with Gasteiger partial charge in [0.25, 0.3) is 0 Å². The van der Waals surface area contributed by atoms with Crippen molar-refractivity contribution < 1.29 is 14.6 Å². The number of carbonyl (C=O) groups excluding carboxylic acids is 1. The zero-order valence-corrected chi connectivity index (χ0v) is 17.3. The van der Waals surface area contributed by atoms with Gasteiger partial charge < -0.3 is 9.84 Å². The molecule has 3 fully saturated rings. The van der Waals surface area contributed by atoms with Crippen LogP contribution >= 0.6 is 0 Å². The normalized spacial score (nSPS) is 28.5. The summed E-state index contributed by atoms with van der Waals surface area (Å²) < 4.78 is 6.15. The molecule has 4 atom stereocenters. The fourth-order valence-corrected chi connectivity index (χ4v) is 5.90. The van der Waals surface area contributed by atoms with Crippen LogP contribution < -0.4 is 0 Å². The minimum absolute atomic E-state index is 0.0713. The van der Waals surface area contributed by atoms with Crippen molar-refractivity contribution in [3.63, 3.8) is 0 Å². The number of ether oxygens (including phenoxy) is 1. The first-order chi connectivity index (χ1) is 14.7. The molecule has 0 spiro atoms. The quantitative estimate of drug-likeness (QED) is 0.742. The molecular weight excluding hydrogens is 376 g/mol. The van der Waals surface area contributed by atoms with Gasteiger partial charge in [0.2, 0.25) is 0 Å². The molecule has 1 aliphatic heterocycles. The number of carbonyl (C=O) groups is 1. The van der Waals surface area contributed by atoms with E-state index < -0.39 is 11.6 Å². The zero-order valence-electron chi connectivity index (χ0n) is 17.3. The predicted octanol–water partition coefficient (Wildman–Crippen LogP) is 3.67. The average molecular weight is 407 g/mol. The number of benzene rings is 1. The lowest BCUT2D eigenvalue weighted by molar-refractivity contribution is -0.181. The molecule has 2 bridgehead atoms. The van der Waals surface area contributed by atoms with E-state index in [2.05, 4.69) is 16.0 Å². The number of nitrogens with zero attached hydrogens (tertiary/aromatic N) is 2. The summed E-state index contributed by atoms with van der Waals surface area (Å²) >= 11 is 0. The molecule has 1 aromatic carbocycles. The van der Waals surface area contributed by atoms with Crippen molar-refractivity contribution in [3.8, 4) is 0 Å². The highest BCUT2D eigenvalue weighted by atomic mass is 16.6. The number of hydrogen-bond donors (Lipinski definition) is 1. The van der Waals surface area contributed by atoms with Crippen LogP contribution in [0.15, 0.2) is 54.9 Å². The van der Waals surface area contributed by atoms with Gasteiger partial charge in [-0.25, -0.2) is 4.79 Å². The molecule has 5 rings (SSSR count). The molecule has 1 N–H and O–H groups in total. The van der Waals surface area contributed by atoms with Crippen LogP contribution in [0.4, 0.5) is 0 Å². The fraction of sp³-hybridized carbons (Fsp3) is 0.520. The Morgan fingerprint density at radius 1 is 1.10 bits per heavy atom. The van der Waals surface area contributed by atoms with Gasteiger partial charge in [-0.1, -0.05) is 49.2 Å². The minimum atomic E-state index is -1.55. The summed E-state index contributed by atoms with van der Waals surface area (Å²) in [6.45, 7) is 1.76. The van der Waals surface area contributed by atoms with Gasteiger partial charge in [0.1, 0.15) is 6.10 Å². The van der Waals surface area contributed by atoms with Crippen molar-refractivity contribution in [2.24, 2.45) is 11.8 Å². The number of aliphatic hydroxyl groups is 1. The predicted molar refractivity (Wildman–Crippen MR) is 113 cm³/mol. The Morgan fingerprint density at radius 3 is 2.63 bits per heavy atom. The third-order valence-corrected chi connectivity index (χ3v) is 7.44. The van der Waals surface area contributed by atoms with E-state index in [9.17, 15) is 9.90 Å². The molecule has 5 heteroatoms. The van der Waals surface area contributed by atoms with Crippen LogP contribution in [0.1, 0.15) is 49.7 Å². The van der Waals surface area contributed by atoms with Gasteiger partial charge in [-0.3, -0.25) is 9.88 Å². The van der Waals surface area contributed by atoms with E-state index in [1.807, 2.05) is 42.6 Å². The van der Waals surface area contributed by atoms with Crippen LogP contribution in [0.2, 0.25) is 0 Å². The highest BCUT2D eigenvalue weighted by Crippen LogP contribution is 2.45. The van der Waals surface area contributed by atoms with Crippen molar-refractivity contribution >= 4 is 5.97 Å². The fourth-order valence-electron chi connectivity index (χ4n) is 5.90. The standard InChI is InChI=1S/C25H30N2O3/c28-24(25(29,21-10-4-5-11-21)20-8-2-1-3-9-20)30-23-19-12-13-22(23)27(17-19)16-18-7-6-14-26-15-18/h1-3,6-9,14-15,19,21-23,29H,4-5,10-13,16-17H2/t19?,22-,23?,25?/m1/s1. The summed E-state index contributed by atoms with van der Waals surface area (Å²) in [5.74, 6) is -0.178. The second kappa shape index (κ2) is 8.12. The van der Waals surface area contributed by atoms with Crippen LogP contribution in [-0.2, 0) is 21.7 Å². The van der Waals surface area contributed by atoms with Gasteiger partial charge in [0, 0.05) is 43.4 Å². The molecule has 1 aromatic heterocycles. The van der Waals surface area contributed by atoms with E-state index in [0.29, 0.717) is 11.5 Å². The lowest BCUT2D eigenvalue weighted by Crippen LogP contribution is -2.46. The van der Waals surface area contributed by atoms with Gasteiger partial charge >= 0.3 is 5.97 Å². The lowest BCUT2D eigenvalue weighted by atomic mass is 9.80. The molecule has 1 saturated heterocycles. The first-order valence-electron chi connectivity index (χ1n) is 11.3. The Balaban J connectivity index is 1.34. The maximum atomic E-state index is 13.5. The highest BCUT2D eigenvalue weighted by Gasteiger charge is 2.53. The summed E-state index contributed by atoms with van der Waals surface area (Å²) in [6.07, 6.45) is 9.53. The Bertz CT molecular complexity index is 868. The van der Waals surface area contributed by atoms with Crippen LogP contribution in [-0.4, -0.2) is 39.7 Å². The number of hydrogen-bond acceptors (Lipinski definition) is 5. The molecule has 0 radical (unpaired) electrons. The molecule has 2 saturated carbocycles. The molecule has 2 heterocycles. The van der Waals surface area contributed by atoms with Crippen molar-refractivity contribution in [2.45, 2.75) is 62.8 Å². The summed E-state index contributed by atoms with van der Waals surface area (Å²) in [5, 5.41) is 11.7. The molecular formula is C25H30N2O3. The monoisotopic (exact) mass is 406 g/mol. The third kappa shape index (κ3) is 3.44. The number of rotatable bonds is 6. The smallest absolute Gasteiger partial charge is 0.343 e. The summed E-state index contributed by atoms with van der Waals surface area (Å²) in [5.41, 5.74) is 0.301. The molecule has 5 nitrogen and oxygen atoms in total. The van der Waals surface area contributed by atoms with Gasteiger partial charge in [0.15, 0.2) is 5.60 Å². The first kappa shape index (κ1) is 19.7. The SMILES string of the molecule is O=C(OC1C2CC[C@H]1N(Cc1cccnc1)C2)C(O)(c1ccccc1)C1CCCC1. The summed E-state index contributed by atoms with van der Waals surface area (Å²) in [7, 11) is 0. The Kier molecular flexibility index (Phi) is 5.34. The van der Waals surface area contributed by atoms with Crippen LogP contribution in [0.5, 0.6) is 0 Å². The lowest BCUT2D eigenvalue weighted by Gasteiger charge is -2.34. The molecule has 3 unspecified atom stereocenters. The number of pyridine rings is 1. The van der Waals surface area contributed by atoms with Crippen LogP contribution in [0.25, 0.3) is 0 Å². The maximum Gasteiger partial charge on any atom is 0.343 e. The van der Waals surface area contributed by atoms with Crippen molar-refractivity contribution in [1.29, 1.82) is 0 Å². The third-order valence-electron chi connectivity index (χ3n) is 7.44. The highest BCUT2D eigenvalue weighted by molar-refractivity contribution is 5.82. The van der Waals surface area contributed by atoms with E-state index in [4.69, 9.17) is 4.74 Å². The van der Waals surface area contributed by atoms with Gasteiger partial charge in [-0.2, -0.15) is 0 Å².